The van der Waals surface area contributed by atoms with Crippen molar-refractivity contribution in [1.82, 2.24) is 10.3 Å². The molecule has 0 atom stereocenters. The molecule has 0 aliphatic carbocycles. The van der Waals surface area contributed by atoms with Crippen molar-refractivity contribution in [2.24, 2.45) is 5.92 Å². The summed E-state index contributed by atoms with van der Waals surface area (Å²) in [4.78, 5) is 16.3. The average Bonchev–Trinajstić information content (AvgIpc) is 2.54. The van der Waals surface area contributed by atoms with E-state index in [0.717, 1.165) is 6.42 Å². The van der Waals surface area contributed by atoms with Crippen LogP contribution in [0.15, 0.2) is 48.7 Å². The van der Waals surface area contributed by atoms with Crippen molar-refractivity contribution < 1.29 is 4.79 Å². The molecule has 0 radical (unpaired) electrons. The summed E-state index contributed by atoms with van der Waals surface area (Å²) in [7, 11) is 0. The number of anilines is 1. The molecular weight excluding hydrogens is 274 g/mol. The van der Waals surface area contributed by atoms with Gasteiger partial charge in [0.15, 0.2) is 0 Å². The van der Waals surface area contributed by atoms with Gasteiger partial charge < -0.3 is 10.6 Å². The first-order valence-electron chi connectivity index (χ1n) is 7.67. The molecule has 2 N–H and O–H groups in total. The predicted octanol–water partition coefficient (Wildman–Crippen LogP) is 3.47. The maximum atomic E-state index is 12.1. The van der Waals surface area contributed by atoms with Crippen molar-refractivity contribution in [2.45, 2.75) is 26.8 Å². The van der Waals surface area contributed by atoms with Gasteiger partial charge in [-0.2, -0.15) is 0 Å². The summed E-state index contributed by atoms with van der Waals surface area (Å²) in [5, 5.41) is 6.18. The van der Waals surface area contributed by atoms with Crippen LogP contribution in [0.3, 0.4) is 0 Å². The van der Waals surface area contributed by atoms with E-state index in [0.29, 0.717) is 30.4 Å². The van der Waals surface area contributed by atoms with Gasteiger partial charge in [-0.3, -0.25) is 4.79 Å². The van der Waals surface area contributed by atoms with Crippen LogP contribution in [0.25, 0.3) is 0 Å². The van der Waals surface area contributed by atoms with Gasteiger partial charge in [-0.1, -0.05) is 44.2 Å². The van der Waals surface area contributed by atoms with Crippen molar-refractivity contribution >= 4 is 11.7 Å². The zero-order valence-electron chi connectivity index (χ0n) is 13.2. The Labute approximate surface area is 132 Å². The summed E-state index contributed by atoms with van der Waals surface area (Å²) >= 11 is 0. The van der Waals surface area contributed by atoms with Gasteiger partial charge in [0.05, 0.1) is 0 Å². The summed E-state index contributed by atoms with van der Waals surface area (Å²) in [5.41, 5.74) is 1.81. The third kappa shape index (κ3) is 5.20. The van der Waals surface area contributed by atoms with Crippen molar-refractivity contribution in [3.05, 3.63) is 59.8 Å². The van der Waals surface area contributed by atoms with Gasteiger partial charge in [-0.25, -0.2) is 4.98 Å². The molecule has 0 saturated heterocycles. The highest BCUT2D eigenvalue weighted by atomic mass is 16.1. The largest absolute Gasteiger partial charge is 0.366 e. The molecule has 4 heteroatoms. The Morgan fingerprint density at radius 1 is 1.18 bits per heavy atom. The lowest BCUT2D eigenvalue weighted by Gasteiger charge is -2.09. The van der Waals surface area contributed by atoms with E-state index < -0.39 is 0 Å². The van der Waals surface area contributed by atoms with Crippen LogP contribution in [0, 0.1) is 5.92 Å². The Morgan fingerprint density at radius 3 is 2.68 bits per heavy atom. The minimum absolute atomic E-state index is 0.0502. The van der Waals surface area contributed by atoms with Crippen LogP contribution in [0.1, 0.15) is 36.2 Å². The standard InChI is InChI=1S/C18H23N3O/c1-14(2)8-10-20-18(22)16-9-11-19-17(12-16)21-13-15-6-4-3-5-7-15/h3-7,9,11-12,14H,8,10,13H2,1-2H3,(H,19,21)(H,20,22). The summed E-state index contributed by atoms with van der Waals surface area (Å²) in [6.07, 6.45) is 2.64. The Bertz CT molecular complexity index is 596. The molecule has 1 heterocycles. The quantitative estimate of drug-likeness (QED) is 0.823. The molecule has 1 aromatic carbocycles. The second-order valence-electron chi connectivity index (χ2n) is 5.71. The Hall–Kier alpha value is -2.36. The van der Waals surface area contributed by atoms with Gasteiger partial charge >= 0.3 is 0 Å². The molecule has 0 fully saturated rings. The van der Waals surface area contributed by atoms with Gasteiger partial charge in [0.25, 0.3) is 5.91 Å². The number of carbonyl (C=O) groups excluding carboxylic acids is 1. The van der Waals surface area contributed by atoms with E-state index in [9.17, 15) is 4.79 Å². The lowest BCUT2D eigenvalue weighted by molar-refractivity contribution is 0.0952. The van der Waals surface area contributed by atoms with E-state index >= 15 is 0 Å². The molecule has 0 saturated carbocycles. The second kappa shape index (κ2) is 8.17. The molecule has 4 nitrogen and oxygen atoms in total. The van der Waals surface area contributed by atoms with Crippen LogP contribution in [0.2, 0.25) is 0 Å². The van der Waals surface area contributed by atoms with Gasteiger partial charge in [-0.15, -0.1) is 0 Å². The number of benzene rings is 1. The fraction of sp³-hybridized carbons (Fsp3) is 0.333. The first-order chi connectivity index (χ1) is 10.6. The van der Waals surface area contributed by atoms with Crippen molar-refractivity contribution in [2.75, 3.05) is 11.9 Å². The number of pyridine rings is 1. The molecule has 1 aromatic heterocycles. The zero-order chi connectivity index (χ0) is 15.8. The van der Waals surface area contributed by atoms with Gasteiger partial charge in [-0.05, 0) is 30.0 Å². The van der Waals surface area contributed by atoms with E-state index in [1.165, 1.54) is 5.56 Å². The third-order valence-corrected chi connectivity index (χ3v) is 3.35. The molecule has 0 spiro atoms. The van der Waals surface area contributed by atoms with Crippen LogP contribution < -0.4 is 10.6 Å². The van der Waals surface area contributed by atoms with Crippen molar-refractivity contribution in [1.29, 1.82) is 0 Å². The van der Waals surface area contributed by atoms with Crippen LogP contribution in [-0.4, -0.2) is 17.4 Å². The highest BCUT2D eigenvalue weighted by Gasteiger charge is 2.06. The normalized spacial score (nSPS) is 10.5. The van der Waals surface area contributed by atoms with Crippen LogP contribution in [-0.2, 0) is 6.54 Å². The van der Waals surface area contributed by atoms with Crippen molar-refractivity contribution in [3.63, 3.8) is 0 Å². The average molecular weight is 297 g/mol. The Balaban J connectivity index is 1.90. The molecule has 0 unspecified atom stereocenters. The number of aromatic nitrogens is 1. The van der Waals surface area contributed by atoms with E-state index in [1.54, 1.807) is 18.3 Å². The van der Waals surface area contributed by atoms with Gasteiger partial charge in [0, 0.05) is 24.8 Å². The molecule has 2 aromatic rings. The number of carbonyl (C=O) groups is 1. The first kappa shape index (κ1) is 16.0. The number of hydrogen-bond acceptors (Lipinski definition) is 3. The van der Waals surface area contributed by atoms with E-state index in [1.807, 2.05) is 18.2 Å². The fourth-order valence-electron chi connectivity index (χ4n) is 2.03. The number of hydrogen-bond donors (Lipinski definition) is 2. The summed E-state index contributed by atoms with van der Waals surface area (Å²) in [6, 6.07) is 13.6. The predicted molar refractivity (Wildman–Crippen MR) is 89.8 cm³/mol. The molecule has 0 aliphatic heterocycles. The SMILES string of the molecule is CC(C)CCNC(=O)c1ccnc(NCc2ccccc2)c1. The molecule has 0 bridgehead atoms. The molecule has 0 aliphatic rings. The number of amides is 1. The summed E-state index contributed by atoms with van der Waals surface area (Å²) in [5.74, 6) is 1.24. The maximum absolute atomic E-state index is 12.1. The van der Waals surface area contributed by atoms with Crippen LogP contribution in [0.4, 0.5) is 5.82 Å². The van der Waals surface area contributed by atoms with E-state index in [4.69, 9.17) is 0 Å². The molecule has 22 heavy (non-hydrogen) atoms. The summed E-state index contributed by atoms with van der Waals surface area (Å²) in [6.45, 7) is 5.67. The highest BCUT2D eigenvalue weighted by molar-refractivity contribution is 5.94. The smallest absolute Gasteiger partial charge is 0.251 e. The lowest BCUT2D eigenvalue weighted by Crippen LogP contribution is -2.25. The minimum atomic E-state index is -0.0502. The minimum Gasteiger partial charge on any atom is -0.366 e. The number of nitrogens with one attached hydrogen (secondary N) is 2. The van der Waals surface area contributed by atoms with Crippen molar-refractivity contribution in [3.8, 4) is 0 Å². The summed E-state index contributed by atoms with van der Waals surface area (Å²) < 4.78 is 0. The van der Waals surface area contributed by atoms with Crippen LogP contribution in [0.5, 0.6) is 0 Å². The molecule has 116 valence electrons. The molecular formula is C18H23N3O. The molecule has 2 rings (SSSR count). The van der Waals surface area contributed by atoms with Gasteiger partial charge in [0.1, 0.15) is 5.82 Å². The first-order valence-corrected chi connectivity index (χ1v) is 7.67. The third-order valence-electron chi connectivity index (χ3n) is 3.35. The Morgan fingerprint density at radius 2 is 1.95 bits per heavy atom. The monoisotopic (exact) mass is 297 g/mol. The van der Waals surface area contributed by atoms with E-state index in [-0.39, 0.29) is 5.91 Å². The number of nitrogens with zero attached hydrogens (tertiary/aromatic N) is 1. The number of rotatable bonds is 7. The topological polar surface area (TPSA) is 54.0 Å². The van der Waals surface area contributed by atoms with Gasteiger partial charge in [0.2, 0.25) is 0 Å². The second-order valence-corrected chi connectivity index (χ2v) is 5.71. The van der Waals surface area contributed by atoms with E-state index in [2.05, 4.69) is 41.6 Å². The zero-order valence-corrected chi connectivity index (χ0v) is 13.2. The lowest BCUT2D eigenvalue weighted by atomic mass is 10.1. The highest BCUT2D eigenvalue weighted by Crippen LogP contribution is 2.09. The Kier molecular flexibility index (Phi) is 5.95. The maximum Gasteiger partial charge on any atom is 0.251 e. The fourth-order valence-corrected chi connectivity index (χ4v) is 2.03. The molecule has 1 amide bonds. The van der Waals surface area contributed by atoms with Crippen LogP contribution >= 0.6 is 0 Å².